The summed E-state index contributed by atoms with van der Waals surface area (Å²) in [6.07, 6.45) is 0.578. The van der Waals surface area contributed by atoms with Gasteiger partial charge in [-0.1, -0.05) is 0 Å². The van der Waals surface area contributed by atoms with Crippen LogP contribution in [0.5, 0.6) is 0 Å². The Bertz CT molecular complexity index is 314. The molecule has 16 heavy (non-hydrogen) atoms. The fourth-order valence-corrected chi connectivity index (χ4v) is 1.88. The lowest BCUT2D eigenvalue weighted by molar-refractivity contribution is -0.121. The van der Waals surface area contributed by atoms with Crippen LogP contribution in [0.1, 0.15) is 20.3 Å². The fraction of sp³-hybridized carbons (Fsp3) is 0.889. The molecule has 6 nitrogen and oxygen atoms in total. The molecule has 1 atom stereocenters. The molecule has 0 spiro atoms. The molecule has 0 saturated heterocycles. The molecule has 0 rings (SSSR count). The van der Waals surface area contributed by atoms with Crippen molar-refractivity contribution in [3.05, 3.63) is 0 Å². The van der Waals surface area contributed by atoms with Gasteiger partial charge in [-0.3, -0.25) is 4.79 Å². The molecule has 0 radical (unpaired) electrons. The number of nitrogens with one attached hydrogen (secondary N) is 1. The van der Waals surface area contributed by atoms with Crippen molar-refractivity contribution in [2.75, 3.05) is 25.9 Å². The summed E-state index contributed by atoms with van der Waals surface area (Å²) in [4.78, 5) is 11.1. The standard InChI is InChI=1S/C9H21N3O3S/c1-4-16(14,15)12(3)7-5-6-11-9(13)8(2)10/h8H,4-7,10H2,1-3H3,(H,11,13)/t8-/m0/s1. The Morgan fingerprint density at radius 3 is 2.50 bits per heavy atom. The van der Waals surface area contributed by atoms with Gasteiger partial charge >= 0.3 is 0 Å². The highest BCUT2D eigenvalue weighted by Gasteiger charge is 2.14. The van der Waals surface area contributed by atoms with Crippen LogP contribution < -0.4 is 11.1 Å². The van der Waals surface area contributed by atoms with Gasteiger partial charge in [0, 0.05) is 20.1 Å². The summed E-state index contributed by atoms with van der Waals surface area (Å²) in [5.74, 6) is -0.128. The number of hydrogen-bond acceptors (Lipinski definition) is 4. The van der Waals surface area contributed by atoms with Crippen LogP contribution in [-0.2, 0) is 14.8 Å². The molecule has 0 aliphatic carbocycles. The highest BCUT2D eigenvalue weighted by Crippen LogP contribution is 1.98. The maximum Gasteiger partial charge on any atom is 0.236 e. The SMILES string of the molecule is CCS(=O)(=O)N(C)CCCNC(=O)[C@H](C)N. The van der Waals surface area contributed by atoms with E-state index in [2.05, 4.69) is 5.32 Å². The molecule has 0 heterocycles. The van der Waals surface area contributed by atoms with Crippen molar-refractivity contribution < 1.29 is 13.2 Å². The zero-order valence-electron chi connectivity index (χ0n) is 10.1. The fourth-order valence-electron chi connectivity index (χ4n) is 1.03. The van der Waals surface area contributed by atoms with Gasteiger partial charge in [-0.05, 0) is 20.3 Å². The van der Waals surface area contributed by atoms with Crippen LogP contribution in [0.3, 0.4) is 0 Å². The van der Waals surface area contributed by atoms with E-state index in [0.29, 0.717) is 19.5 Å². The van der Waals surface area contributed by atoms with Crippen LogP contribution in [0.2, 0.25) is 0 Å². The van der Waals surface area contributed by atoms with Gasteiger partial charge in [0.15, 0.2) is 0 Å². The van der Waals surface area contributed by atoms with Crippen LogP contribution >= 0.6 is 0 Å². The summed E-state index contributed by atoms with van der Waals surface area (Å²) in [6.45, 7) is 4.03. The van der Waals surface area contributed by atoms with Gasteiger partial charge in [-0.25, -0.2) is 12.7 Å². The number of amides is 1. The first-order chi connectivity index (χ1) is 7.31. The van der Waals surface area contributed by atoms with Crippen LogP contribution in [0.15, 0.2) is 0 Å². The predicted molar refractivity (Wildman–Crippen MR) is 63.4 cm³/mol. The Labute approximate surface area is 97.2 Å². The smallest absolute Gasteiger partial charge is 0.236 e. The maximum atomic E-state index is 11.4. The summed E-state index contributed by atoms with van der Waals surface area (Å²) in [7, 11) is -1.59. The number of nitrogens with two attached hydrogens (primary N) is 1. The largest absolute Gasteiger partial charge is 0.355 e. The second-order valence-electron chi connectivity index (χ2n) is 3.66. The van der Waals surface area contributed by atoms with E-state index in [1.165, 1.54) is 11.4 Å². The van der Waals surface area contributed by atoms with Gasteiger partial charge in [0.05, 0.1) is 11.8 Å². The highest BCUT2D eigenvalue weighted by atomic mass is 32.2. The Morgan fingerprint density at radius 2 is 2.06 bits per heavy atom. The van der Waals surface area contributed by atoms with Gasteiger partial charge in [0.2, 0.25) is 15.9 Å². The highest BCUT2D eigenvalue weighted by molar-refractivity contribution is 7.89. The van der Waals surface area contributed by atoms with E-state index in [1.54, 1.807) is 13.8 Å². The Hall–Kier alpha value is -0.660. The lowest BCUT2D eigenvalue weighted by atomic mass is 10.3. The van der Waals surface area contributed by atoms with E-state index in [4.69, 9.17) is 5.73 Å². The van der Waals surface area contributed by atoms with Gasteiger partial charge in [-0.15, -0.1) is 0 Å². The number of sulfonamides is 1. The molecular formula is C9H21N3O3S. The number of carbonyl (C=O) groups is 1. The van der Waals surface area contributed by atoms with Crippen molar-refractivity contribution in [2.45, 2.75) is 26.3 Å². The van der Waals surface area contributed by atoms with Crippen molar-refractivity contribution in [1.29, 1.82) is 0 Å². The first-order valence-electron chi connectivity index (χ1n) is 5.28. The molecule has 0 unspecified atom stereocenters. The second-order valence-corrected chi connectivity index (χ2v) is 6.02. The van der Waals surface area contributed by atoms with Crippen LogP contribution in [0.4, 0.5) is 0 Å². The van der Waals surface area contributed by atoms with Crippen LogP contribution in [-0.4, -0.2) is 50.6 Å². The van der Waals surface area contributed by atoms with Gasteiger partial charge in [0.1, 0.15) is 0 Å². The average Bonchev–Trinajstić information content (AvgIpc) is 2.23. The predicted octanol–water partition coefficient (Wildman–Crippen LogP) is -0.879. The number of carbonyl (C=O) groups excluding carboxylic acids is 1. The molecule has 0 aromatic rings. The minimum atomic E-state index is -3.12. The first-order valence-corrected chi connectivity index (χ1v) is 6.89. The summed E-state index contributed by atoms with van der Waals surface area (Å²) in [6, 6.07) is -0.530. The van der Waals surface area contributed by atoms with Gasteiger partial charge in [-0.2, -0.15) is 0 Å². The monoisotopic (exact) mass is 251 g/mol. The molecule has 0 aliphatic heterocycles. The topological polar surface area (TPSA) is 92.5 Å². The van der Waals surface area contributed by atoms with E-state index < -0.39 is 16.1 Å². The zero-order chi connectivity index (χ0) is 12.8. The van der Waals surface area contributed by atoms with Crippen LogP contribution in [0.25, 0.3) is 0 Å². The molecular weight excluding hydrogens is 230 g/mol. The van der Waals surface area contributed by atoms with Crippen molar-refractivity contribution in [1.82, 2.24) is 9.62 Å². The molecule has 96 valence electrons. The third kappa shape index (κ3) is 5.43. The zero-order valence-corrected chi connectivity index (χ0v) is 10.9. The molecule has 7 heteroatoms. The lowest BCUT2D eigenvalue weighted by Gasteiger charge is -2.16. The third-order valence-electron chi connectivity index (χ3n) is 2.20. The Morgan fingerprint density at radius 1 is 1.50 bits per heavy atom. The van der Waals surface area contributed by atoms with Gasteiger partial charge < -0.3 is 11.1 Å². The van der Waals surface area contributed by atoms with E-state index in [9.17, 15) is 13.2 Å². The number of hydrogen-bond donors (Lipinski definition) is 2. The summed E-state index contributed by atoms with van der Waals surface area (Å²) < 4.78 is 24.0. The van der Waals surface area contributed by atoms with E-state index in [-0.39, 0.29) is 11.7 Å². The number of rotatable bonds is 7. The lowest BCUT2D eigenvalue weighted by Crippen LogP contribution is -2.39. The summed E-state index contributed by atoms with van der Waals surface area (Å²) >= 11 is 0. The summed E-state index contributed by atoms with van der Waals surface area (Å²) in [5, 5.41) is 2.62. The van der Waals surface area contributed by atoms with E-state index >= 15 is 0 Å². The quantitative estimate of drug-likeness (QED) is 0.575. The minimum absolute atomic E-state index is 0.0929. The van der Waals surface area contributed by atoms with Crippen LogP contribution in [0, 0.1) is 0 Å². The number of nitrogens with zero attached hydrogens (tertiary/aromatic N) is 1. The Kier molecular flexibility index (Phi) is 6.54. The average molecular weight is 251 g/mol. The molecule has 0 aromatic heterocycles. The van der Waals surface area contributed by atoms with E-state index in [1.807, 2.05) is 0 Å². The molecule has 0 aromatic carbocycles. The van der Waals surface area contributed by atoms with Crippen molar-refractivity contribution >= 4 is 15.9 Å². The third-order valence-corrected chi connectivity index (χ3v) is 4.06. The Balaban J connectivity index is 3.80. The molecule has 1 amide bonds. The molecule has 0 saturated carbocycles. The molecule has 0 fully saturated rings. The summed E-state index contributed by atoms with van der Waals surface area (Å²) in [5.41, 5.74) is 5.35. The van der Waals surface area contributed by atoms with Crippen molar-refractivity contribution in [2.24, 2.45) is 5.73 Å². The molecule has 0 bridgehead atoms. The molecule has 0 aliphatic rings. The first kappa shape index (κ1) is 15.3. The normalized spacial score (nSPS) is 13.8. The van der Waals surface area contributed by atoms with Crippen molar-refractivity contribution in [3.8, 4) is 0 Å². The molecule has 3 N–H and O–H groups in total. The van der Waals surface area contributed by atoms with E-state index in [0.717, 1.165) is 0 Å². The minimum Gasteiger partial charge on any atom is -0.355 e. The van der Waals surface area contributed by atoms with Crippen molar-refractivity contribution in [3.63, 3.8) is 0 Å². The maximum absolute atomic E-state index is 11.4. The second kappa shape index (κ2) is 6.82. The van der Waals surface area contributed by atoms with Gasteiger partial charge in [0.25, 0.3) is 0 Å².